The monoisotopic (exact) mass is 193 g/mol. The molecule has 0 aromatic heterocycles. The molecule has 1 aromatic carbocycles. The Morgan fingerprint density at radius 1 is 1.21 bits per heavy atom. The van der Waals surface area contributed by atoms with Crippen LogP contribution in [-0.2, 0) is 13.0 Å². The van der Waals surface area contributed by atoms with Crippen LogP contribution in [-0.4, -0.2) is 18.3 Å². The molecule has 0 atom stereocenters. The molecule has 14 heavy (non-hydrogen) atoms. The molecule has 0 fully saturated rings. The highest BCUT2D eigenvalue weighted by Crippen LogP contribution is 2.08. The van der Waals surface area contributed by atoms with Crippen molar-refractivity contribution in [2.24, 2.45) is 0 Å². The molecule has 1 rings (SSSR count). The summed E-state index contributed by atoms with van der Waals surface area (Å²) < 4.78 is 0. The van der Waals surface area contributed by atoms with Crippen LogP contribution in [0.2, 0.25) is 0 Å². The van der Waals surface area contributed by atoms with Crippen LogP contribution >= 0.6 is 0 Å². The third-order valence-electron chi connectivity index (χ3n) is 2.33. The standard InChI is InChI=1S/C12H19NO/c1-2-11-6-3-4-7-12(11)10-13-8-5-9-14/h3-4,6-7,13-14H,2,5,8-10H2,1H3. The molecule has 0 heterocycles. The van der Waals surface area contributed by atoms with Gasteiger partial charge in [0.2, 0.25) is 0 Å². The second kappa shape index (κ2) is 6.57. The van der Waals surface area contributed by atoms with Gasteiger partial charge >= 0.3 is 0 Å². The number of nitrogens with one attached hydrogen (secondary N) is 1. The summed E-state index contributed by atoms with van der Waals surface area (Å²) in [7, 11) is 0. The Labute approximate surface area is 86.0 Å². The van der Waals surface area contributed by atoms with Gasteiger partial charge in [-0.3, -0.25) is 0 Å². The van der Waals surface area contributed by atoms with E-state index in [-0.39, 0.29) is 6.61 Å². The van der Waals surface area contributed by atoms with Crippen LogP contribution < -0.4 is 5.32 Å². The molecule has 0 saturated heterocycles. The second-order valence-electron chi connectivity index (χ2n) is 3.38. The summed E-state index contributed by atoms with van der Waals surface area (Å²) >= 11 is 0. The minimum Gasteiger partial charge on any atom is -0.396 e. The van der Waals surface area contributed by atoms with E-state index in [4.69, 9.17) is 5.11 Å². The number of benzene rings is 1. The summed E-state index contributed by atoms with van der Waals surface area (Å²) in [6.07, 6.45) is 1.91. The van der Waals surface area contributed by atoms with Gasteiger partial charge in [0.1, 0.15) is 0 Å². The molecule has 0 amide bonds. The number of hydrogen-bond acceptors (Lipinski definition) is 2. The molecule has 2 nitrogen and oxygen atoms in total. The van der Waals surface area contributed by atoms with E-state index in [0.29, 0.717) is 0 Å². The van der Waals surface area contributed by atoms with Crippen molar-refractivity contribution in [3.05, 3.63) is 35.4 Å². The molecule has 2 N–H and O–H groups in total. The van der Waals surface area contributed by atoms with Gasteiger partial charge in [-0.15, -0.1) is 0 Å². The second-order valence-corrected chi connectivity index (χ2v) is 3.38. The van der Waals surface area contributed by atoms with Gasteiger partial charge in [0.15, 0.2) is 0 Å². The number of aryl methyl sites for hydroxylation is 1. The van der Waals surface area contributed by atoms with Gasteiger partial charge in [-0.2, -0.15) is 0 Å². The maximum Gasteiger partial charge on any atom is 0.0443 e. The zero-order valence-electron chi connectivity index (χ0n) is 8.79. The predicted molar refractivity (Wildman–Crippen MR) is 59.2 cm³/mol. The highest BCUT2D eigenvalue weighted by atomic mass is 16.3. The minimum atomic E-state index is 0.266. The highest BCUT2D eigenvalue weighted by Gasteiger charge is 1.97. The Bertz CT molecular complexity index is 260. The molecule has 0 bridgehead atoms. The summed E-state index contributed by atoms with van der Waals surface area (Å²) in [4.78, 5) is 0. The summed E-state index contributed by atoms with van der Waals surface area (Å²) in [5, 5.41) is 11.9. The first-order chi connectivity index (χ1) is 6.88. The van der Waals surface area contributed by atoms with E-state index in [0.717, 1.165) is 25.9 Å². The predicted octanol–water partition coefficient (Wildman–Crippen LogP) is 1.72. The van der Waals surface area contributed by atoms with Crippen molar-refractivity contribution in [3.8, 4) is 0 Å². The first kappa shape index (κ1) is 11.2. The topological polar surface area (TPSA) is 32.3 Å². The van der Waals surface area contributed by atoms with E-state index >= 15 is 0 Å². The van der Waals surface area contributed by atoms with Gasteiger partial charge in [-0.05, 0) is 30.5 Å². The molecule has 0 unspecified atom stereocenters. The SMILES string of the molecule is CCc1ccccc1CNCCCO. The molecular weight excluding hydrogens is 174 g/mol. The van der Waals surface area contributed by atoms with E-state index in [1.54, 1.807) is 0 Å². The van der Waals surface area contributed by atoms with Crippen LogP contribution in [0.5, 0.6) is 0 Å². The number of hydrogen-bond donors (Lipinski definition) is 2. The summed E-state index contributed by atoms with van der Waals surface area (Å²) in [6, 6.07) is 8.48. The van der Waals surface area contributed by atoms with Crippen LogP contribution in [0.4, 0.5) is 0 Å². The first-order valence-electron chi connectivity index (χ1n) is 5.26. The number of aliphatic hydroxyl groups is 1. The fourth-order valence-corrected chi connectivity index (χ4v) is 1.50. The molecule has 0 saturated carbocycles. The molecule has 0 aliphatic rings. The Morgan fingerprint density at radius 3 is 2.57 bits per heavy atom. The smallest absolute Gasteiger partial charge is 0.0443 e. The molecule has 0 radical (unpaired) electrons. The third-order valence-corrected chi connectivity index (χ3v) is 2.33. The summed E-state index contributed by atoms with van der Waals surface area (Å²) in [5.41, 5.74) is 2.77. The largest absolute Gasteiger partial charge is 0.396 e. The molecule has 1 aromatic rings. The Kier molecular flexibility index (Phi) is 5.27. The lowest BCUT2D eigenvalue weighted by molar-refractivity contribution is 0.286. The minimum absolute atomic E-state index is 0.266. The van der Waals surface area contributed by atoms with Crippen LogP contribution in [0.1, 0.15) is 24.5 Å². The van der Waals surface area contributed by atoms with Crippen molar-refractivity contribution in [1.82, 2.24) is 5.32 Å². The molecule has 0 spiro atoms. The number of aliphatic hydroxyl groups excluding tert-OH is 1. The Hall–Kier alpha value is -0.860. The van der Waals surface area contributed by atoms with E-state index in [2.05, 4.69) is 36.5 Å². The quantitative estimate of drug-likeness (QED) is 0.674. The van der Waals surface area contributed by atoms with Gasteiger partial charge in [0, 0.05) is 13.2 Å². The fraction of sp³-hybridized carbons (Fsp3) is 0.500. The maximum atomic E-state index is 8.62. The molecule has 2 heteroatoms. The van der Waals surface area contributed by atoms with Crippen molar-refractivity contribution in [3.63, 3.8) is 0 Å². The van der Waals surface area contributed by atoms with Crippen molar-refractivity contribution >= 4 is 0 Å². The zero-order valence-corrected chi connectivity index (χ0v) is 8.79. The van der Waals surface area contributed by atoms with Gasteiger partial charge in [-0.25, -0.2) is 0 Å². The lowest BCUT2D eigenvalue weighted by Gasteiger charge is -2.08. The normalized spacial score (nSPS) is 10.4. The van der Waals surface area contributed by atoms with Crippen LogP contribution in [0.25, 0.3) is 0 Å². The van der Waals surface area contributed by atoms with Crippen molar-refractivity contribution < 1.29 is 5.11 Å². The van der Waals surface area contributed by atoms with Crippen LogP contribution in [0.15, 0.2) is 24.3 Å². The maximum absolute atomic E-state index is 8.62. The third kappa shape index (κ3) is 3.48. The molecular formula is C12H19NO. The first-order valence-corrected chi connectivity index (χ1v) is 5.26. The highest BCUT2D eigenvalue weighted by molar-refractivity contribution is 5.26. The van der Waals surface area contributed by atoms with Crippen molar-refractivity contribution in [2.75, 3.05) is 13.2 Å². The van der Waals surface area contributed by atoms with Gasteiger partial charge in [0.05, 0.1) is 0 Å². The van der Waals surface area contributed by atoms with E-state index in [9.17, 15) is 0 Å². The fourth-order valence-electron chi connectivity index (χ4n) is 1.50. The molecule has 78 valence electrons. The van der Waals surface area contributed by atoms with Crippen LogP contribution in [0, 0.1) is 0 Å². The van der Waals surface area contributed by atoms with Crippen molar-refractivity contribution in [1.29, 1.82) is 0 Å². The van der Waals surface area contributed by atoms with Gasteiger partial charge in [-0.1, -0.05) is 31.2 Å². The molecule has 0 aliphatic heterocycles. The summed E-state index contributed by atoms with van der Waals surface area (Å²) in [6.45, 7) is 4.23. The van der Waals surface area contributed by atoms with Crippen molar-refractivity contribution in [2.45, 2.75) is 26.3 Å². The van der Waals surface area contributed by atoms with Gasteiger partial charge < -0.3 is 10.4 Å². The Balaban J connectivity index is 2.41. The van der Waals surface area contributed by atoms with Gasteiger partial charge in [0.25, 0.3) is 0 Å². The Morgan fingerprint density at radius 2 is 1.93 bits per heavy atom. The van der Waals surface area contributed by atoms with E-state index in [1.807, 2.05) is 0 Å². The van der Waals surface area contributed by atoms with Crippen LogP contribution in [0.3, 0.4) is 0 Å². The van der Waals surface area contributed by atoms with E-state index in [1.165, 1.54) is 11.1 Å². The summed E-state index contributed by atoms with van der Waals surface area (Å²) in [5.74, 6) is 0. The zero-order chi connectivity index (χ0) is 10.2. The molecule has 0 aliphatic carbocycles. The average Bonchev–Trinajstić information content (AvgIpc) is 2.25. The van der Waals surface area contributed by atoms with E-state index < -0.39 is 0 Å². The number of rotatable bonds is 6. The lowest BCUT2D eigenvalue weighted by Crippen LogP contribution is -2.16. The average molecular weight is 193 g/mol. The lowest BCUT2D eigenvalue weighted by atomic mass is 10.1.